The molecule has 0 spiro atoms. The standard InChI is InChI=1S/C8H18O3.C4H10O3/c1-7(10-4)6-11-8(2)5-9-3;5-1-3-7-4-2-6/h7-8H,5-6H2,1-4H3;5-6H,1-4H2. The maximum Gasteiger partial charge on any atom is 0.0781 e. The van der Waals surface area contributed by atoms with E-state index in [4.69, 9.17) is 24.4 Å². The first-order valence-corrected chi connectivity index (χ1v) is 6.05. The lowest BCUT2D eigenvalue weighted by Crippen LogP contribution is -2.21. The average Bonchev–Trinajstić information content (AvgIpc) is 2.38. The van der Waals surface area contributed by atoms with Crippen molar-refractivity contribution in [2.45, 2.75) is 26.1 Å². The molecule has 0 heterocycles. The summed E-state index contributed by atoms with van der Waals surface area (Å²) < 4.78 is 19.9. The fourth-order valence-corrected chi connectivity index (χ4v) is 0.882. The average molecular weight is 268 g/mol. The third kappa shape index (κ3) is 18.1. The minimum absolute atomic E-state index is 0.0278. The van der Waals surface area contributed by atoms with Gasteiger partial charge >= 0.3 is 0 Å². The fraction of sp³-hybridized carbons (Fsp3) is 1.00. The van der Waals surface area contributed by atoms with Crippen LogP contribution in [0.15, 0.2) is 0 Å². The van der Waals surface area contributed by atoms with Crippen molar-refractivity contribution in [1.29, 1.82) is 0 Å². The third-order valence-electron chi connectivity index (χ3n) is 1.89. The van der Waals surface area contributed by atoms with Crippen molar-refractivity contribution in [3.05, 3.63) is 0 Å². The minimum atomic E-state index is 0.0278. The normalized spacial score (nSPS) is 13.7. The Hall–Kier alpha value is -0.240. The first-order chi connectivity index (χ1) is 8.62. The predicted octanol–water partition coefficient (Wildman–Crippen LogP) is 0.0604. The quantitative estimate of drug-likeness (QED) is 0.546. The van der Waals surface area contributed by atoms with Crippen LogP contribution in [0.3, 0.4) is 0 Å². The van der Waals surface area contributed by atoms with Crippen molar-refractivity contribution >= 4 is 0 Å². The molecule has 2 atom stereocenters. The molecule has 0 aromatic heterocycles. The van der Waals surface area contributed by atoms with Gasteiger partial charge in [-0.05, 0) is 13.8 Å². The molecule has 2 unspecified atom stereocenters. The SMILES string of the molecule is COCC(C)OCC(C)OC.OCCOCCO. The maximum atomic E-state index is 8.09. The lowest BCUT2D eigenvalue weighted by molar-refractivity contribution is -0.0386. The highest BCUT2D eigenvalue weighted by molar-refractivity contribution is 4.50. The van der Waals surface area contributed by atoms with E-state index in [1.807, 2.05) is 13.8 Å². The van der Waals surface area contributed by atoms with Crippen LogP contribution in [0.4, 0.5) is 0 Å². The molecule has 0 aliphatic carbocycles. The predicted molar refractivity (Wildman–Crippen MR) is 68.8 cm³/mol. The largest absolute Gasteiger partial charge is 0.394 e. The molecule has 0 saturated heterocycles. The van der Waals surface area contributed by atoms with Gasteiger partial charge in [-0.25, -0.2) is 0 Å². The summed E-state index contributed by atoms with van der Waals surface area (Å²) in [6.07, 6.45) is 0.312. The number of ether oxygens (including phenoxy) is 4. The molecule has 0 aromatic carbocycles. The van der Waals surface area contributed by atoms with E-state index in [-0.39, 0.29) is 25.4 Å². The zero-order valence-electron chi connectivity index (χ0n) is 11.9. The first-order valence-electron chi connectivity index (χ1n) is 6.05. The Kier molecular flexibility index (Phi) is 18.7. The molecule has 6 nitrogen and oxygen atoms in total. The Morgan fingerprint density at radius 2 is 1.44 bits per heavy atom. The lowest BCUT2D eigenvalue weighted by atomic mass is 10.4. The zero-order valence-corrected chi connectivity index (χ0v) is 11.9. The van der Waals surface area contributed by atoms with E-state index in [1.54, 1.807) is 14.2 Å². The molecule has 0 rings (SSSR count). The van der Waals surface area contributed by atoms with E-state index in [0.29, 0.717) is 26.4 Å². The van der Waals surface area contributed by atoms with Crippen LogP contribution in [0.2, 0.25) is 0 Å². The molecule has 0 fully saturated rings. The Morgan fingerprint density at radius 1 is 0.889 bits per heavy atom. The van der Waals surface area contributed by atoms with Crippen LogP contribution in [-0.2, 0) is 18.9 Å². The summed E-state index contributed by atoms with van der Waals surface area (Å²) in [7, 11) is 3.34. The van der Waals surface area contributed by atoms with E-state index in [9.17, 15) is 0 Å². The van der Waals surface area contributed by atoms with Crippen LogP contribution in [0.25, 0.3) is 0 Å². The molecule has 0 amide bonds. The van der Waals surface area contributed by atoms with Crippen LogP contribution in [0, 0.1) is 0 Å². The summed E-state index contributed by atoms with van der Waals surface area (Å²) in [4.78, 5) is 0. The fourth-order valence-electron chi connectivity index (χ4n) is 0.882. The van der Waals surface area contributed by atoms with Crippen LogP contribution < -0.4 is 0 Å². The molecule has 0 aliphatic heterocycles. The minimum Gasteiger partial charge on any atom is -0.394 e. The van der Waals surface area contributed by atoms with Gasteiger partial charge in [-0.15, -0.1) is 0 Å². The molecule has 2 N–H and O–H groups in total. The highest BCUT2D eigenvalue weighted by Gasteiger charge is 2.04. The molecule has 0 aromatic rings. The summed E-state index contributed by atoms with van der Waals surface area (Å²) in [5.41, 5.74) is 0. The highest BCUT2D eigenvalue weighted by Crippen LogP contribution is 1.95. The van der Waals surface area contributed by atoms with Crippen molar-refractivity contribution in [2.75, 3.05) is 53.9 Å². The number of rotatable bonds is 10. The molecule has 6 heteroatoms. The Balaban J connectivity index is 0. The van der Waals surface area contributed by atoms with E-state index in [2.05, 4.69) is 4.74 Å². The number of hydrogen-bond donors (Lipinski definition) is 2. The van der Waals surface area contributed by atoms with Crippen LogP contribution in [0.5, 0.6) is 0 Å². The Labute approximate surface area is 110 Å². The van der Waals surface area contributed by atoms with E-state index in [0.717, 1.165) is 0 Å². The molecule has 0 bridgehead atoms. The van der Waals surface area contributed by atoms with Crippen molar-refractivity contribution in [3.8, 4) is 0 Å². The van der Waals surface area contributed by atoms with Crippen molar-refractivity contribution in [2.24, 2.45) is 0 Å². The third-order valence-corrected chi connectivity index (χ3v) is 1.89. The van der Waals surface area contributed by atoms with Gasteiger partial charge in [-0.2, -0.15) is 0 Å². The van der Waals surface area contributed by atoms with E-state index >= 15 is 0 Å². The zero-order chi connectivity index (χ0) is 14.2. The summed E-state index contributed by atoms with van der Waals surface area (Å²) in [5, 5.41) is 16.2. The molecular weight excluding hydrogens is 240 g/mol. The van der Waals surface area contributed by atoms with Gasteiger partial charge in [0.25, 0.3) is 0 Å². The van der Waals surface area contributed by atoms with Crippen LogP contribution >= 0.6 is 0 Å². The number of aliphatic hydroxyl groups excluding tert-OH is 2. The van der Waals surface area contributed by atoms with E-state index < -0.39 is 0 Å². The van der Waals surface area contributed by atoms with Gasteiger partial charge in [0.15, 0.2) is 0 Å². The molecule has 0 radical (unpaired) electrons. The van der Waals surface area contributed by atoms with Gasteiger partial charge in [-0.1, -0.05) is 0 Å². The van der Waals surface area contributed by atoms with Crippen molar-refractivity contribution in [3.63, 3.8) is 0 Å². The van der Waals surface area contributed by atoms with Gasteiger partial charge in [0.1, 0.15) is 0 Å². The van der Waals surface area contributed by atoms with Crippen molar-refractivity contribution < 1.29 is 29.2 Å². The van der Waals surface area contributed by atoms with Crippen LogP contribution in [0.1, 0.15) is 13.8 Å². The molecule has 0 saturated carbocycles. The number of aliphatic hydroxyl groups is 2. The second-order valence-electron chi connectivity index (χ2n) is 3.71. The molecular formula is C12H28O6. The summed E-state index contributed by atoms with van der Waals surface area (Å²) in [6, 6.07) is 0. The van der Waals surface area contributed by atoms with E-state index in [1.165, 1.54) is 0 Å². The smallest absolute Gasteiger partial charge is 0.0781 e. The van der Waals surface area contributed by atoms with Gasteiger partial charge < -0.3 is 29.2 Å². The maximum absolute atomic E-state index is 8.09. The second kappa shape index (κ2) is 16.8. The molecule has 112 valence electrons. The Morgan fingerprint density at radius 3 is 1.83 bits per heavy atom. The topological polar surface area (TPSA) is 77.4 Å². The van der Waals surface area contributed by atoms with Gasteiger partial charge in [0.05, 0.1) is 51.8 Å². The highest BCUT2D eigenvalue weighted by atomic mass is 16.5. The number of methoxy groups -OCH3 is 2. The Bertz CT molecular complexity index is 141. The van der Waals surface area contributed by atoms with Gasteiger partial charge in [0, 0.05) is 14.2 Å². The molecule has 0 aliphatic rings. The molecule has 18 heavy (non-hydrogen) atoms. The summed E-state index contributed by atoms with van der Waals surface area (Å²) in [6.45, 7) is 5.91. The van der Waals surface area contributed by atoms with Gasteiger partial charge in [0.2, 0.25) is 0 Å². The number of hydrogen-bond acceptors (Lipinski definition) is 6. The van der Waals surface area contributed by atoms with Crippen molar-refractivity contribution in [1.82, 2.24) is 0 Å². The van der Waals surface area contributed by atoms with Crippen LogP contribution in [-0.4, -0.2) is 76.3 Å². The first kappa shape index (κ1) is 20.1. The summed E-state index contributed by atoms with van der Waals surface area (Å²) >= 11 is 0. The summed E-state index contributed by atoms with van der Waals surface area (Å²) in [5.74, 6) is 0. The second-order valence-corrected chi connectivity index (χ2v) is 3.71. The van der Waals surface area contributed by atoms with Gasteiger partial charge in [-0.3, -0.25) is 0 Å². The lowest BCUT2D eigenvalue weighted by Gasteiger charge is -2.14. The monoisotopic (exact) mass is 268 g/mol.